The average Bonchev–Trinajstić information content (AvgIpc) is 3.49. The summed E-state index contributed by atoms with van der Waals surface area (Å²) in [6.07, 6.45) is -0.550. The summed E-state index contributed by atoms with van der Waals surface area (Å²) < 4.78 is 0. The van der Waals surface area contributed by atoms with Crippen molar-refractivity contribution in [1.82, 2.24) is 30.0 Å². The summed E-state index contributed by atoms with van der Waals surface area (Å²) in [7, 11) is 0. The van der Waals surface area contributed by atoms with Crippen LogP contribution in [0.2, 0.25) is 0 Å². The van der Waals surface area contributed by atoms with Gasteiger partial charge >= 0.3 is 0 Å². The fourth-order valence-electron chi connectivity index (χ4n) is 4.11. The normalized spacial score (nSPS) is 12.3. The maximum atomic E-state index is 12.2. The van der Waals surface area contributed by atoms with Crippen LogP contribution in [-0.2, 0) is 17.8 Å². The van der Waals surface area contributed by atoms with E-state index in [0.29, 0.717) is 38.9 Å². The van der Waals surface area contributed by atoms with E-state index in [1.165, 1.54) is 9.59 Å². The van der Waals surface area contributed by atoms with Gasteiger partial charge in [-0.2, -0.15) is 0 Å². The molecule has 10 nitrogen and oxygen atoms in total. The lowest BCUT2D eigenvalue weighted by Gasteiger charge is -2.22. The lowest BCUT2D eigenvalue weighted by molar-refractivity contribution is -0.122. The van der Waals surface area contributed by atoms with Gasteiger partial charge in [-0.3, -0.25) is 4.79 Å². The molecule has 5 aromatic rings. The number of phenolic OH excluding ortho intramolecular Hbond substituents is 1. The third-order valence-corrected chi connectivity index (χ3v) is 5.84. The van der Waals surface area contributed by atoms with Gasteiger partial charge in [0.15, 0.2) is 5.78 Å². The molecule has 1 radical (unpaired) electrons. The van der Waals surface area contributed by atoms with E-state index >= 15 is 0 Å². The molecule has 0 aliphatic heterocycles. The van der Waals surface area contributed by atoms with Crippen LogP contribution in [0, 0.1) is 6.92 Å². The Bertz CT molecular complexity index is 1540. The van der Waals surface area contributed by atoms with Gasteiger partial charge in [0.25, 0.3) is 0 Å². The second-order valence-electron chi connectivity index (χ2n) is 7.97. The van der Waals surface area contributed by atoms with Crippen molar-refractivity contribution in [2.45, 2.75) is 19.1 Å². The molecular weight excluding hydrogens is 446 g/mol. The van der Waals surface area contributed by atoms with E-state index in [1.54, 1.807) is 12.1 Å². The van der Waals surface area contributed by atoms with Crippen molar-refractivity contribution in [3.05, 3.63) is 84.8 Å². The Morgan fingerprint density at radius 2 is 1.37 bits per heavy atom. The van der Waals surface area contributed by atoms with Gasteiger partial charge in [0.2, 0.25) is 0 Å². The van der Waals surface area contributed by atoms with Gasteiger partial charge in [-0.05, 0) is 48.4 Å². The van der Waals surface area contributed by atoms with Crippen molar-refractivity contribution >= 4 is 27.9 Å². The standard InChI is InChI=1S/C25H22N7O3/c1-3-21(33)22(34)12-15-16(13-26)23(31-27-17-8-4-5-9-18(17)28-31)14(2)25(35)24(15)32-29-19-10-6-7-11-20(19)30-32/h3-11,22,34-35H,1-2,12-13,26H2. The third-order valence-electron chi connectivity index (χ3n) is 5.84. The summed E-state index contributed by atoms with van der Waals surface area (Å²) in [6.45, 7) is 7.50. The molecule has 2 aromatic heterocycles. The molecule has 0 aliphatic carbocycles. The van der Waals surface area contributed by atoms with Crippen molar-refractivity contribution < 1.29 is 15.0 Å². The van der Waals surface area contributed by atoms with Gasteiger partial charge in [0.1, 0.15) is 39.6 Å². The molecule has 1 atom stereocenters. The van der Waals surface area contributed by atoms with Crippen LogP contribution in [0.4, 0.5) is 0 Å². The molecule has 5 rings (SSSR count). The second-order valence-corrected chi connectivity index (χ2v) is 7.97. The number of hydrogen-bond donors (Lipinski definition) is 3. The molecule has 0 aliphatic rings. The Kier molecular flexibility index (Phi) is 5.59. The van der Waals surface area contributed by atoms with Gasteiger partial charge in [-0.1, -0.05) is 30.8 Å². The van der Waals surface area contributed by atoms with Crippen LogP contribution < -0.4 is 5.73 Å². The first kappa shape index (κ1) is 22.4. The molecule has 175 valence electrons. The summed E-state index contributed by atoms with van der Waals surface area (Å²) in [4.78, 5) is 14.8. The predicted octanol–water partition coefficient (Wildman–Crippen LogP) is 2.16. The van der Waals surface area contributed by atoms with Crippen molar-refractivity contribution in [3.63, 3.8) is 0 Å². The van der Waals surface area contributed by atoms with Crippen LogP contribution in [0.15, 0.2) is 61.2 Å². The van der Waals surface area contributed by atoms with Crippen molar-refractivity contribution in [3.8, 4) is 17.1 Å². The van der Waals surface area contributed by atoms with Crippen LogP contribution in [-0.4, -0.2) is 52.1 Å². The Balaban J connectivity index is 1.81. The number of aromatic hydroxyl groups is 1. The highest BCUT2D eigenvalue weighted by molar-refractivity contribution is 5.93. The van der Waals surface area contributed by atoms with Gasteiger partial charge < -0.3 is 15.9 Å². The first-order valence-electron chi connectivity index (χ1n) is 10.8. The van der Waals surface area contributed by atoms with E-state index in [1.807, 2.05) is 36.4 Å². The summed E-state index contributed by atoms with van der Waals surface area (Å²) in [6, 6.07) is 14.5. The lowest BCUT2D eigenvalue weighted by atomic mass is 9.93. The monoisotopic (exact) mass is 468 g/mol. The molecule has 0 fully saturated rings. The van der Waals surface area contributed by atoms with Crippen molar-refractivity contribution in [2.24, 2.45) is 5.73 Å². The first-order valence-corrected chi connectivity index (χ1v) is 10.8. The second kappa shape index (κ2) is 8.75. The number of rotatable bonds is 7. The fraction of sp³-hybridized carbons (Fsp3) is 0.120. The van der Waals surface area contributed by atoms with E-state index in [0.717, 1.165) is 6.08 Å². The first-order chi connectivity index (χ1) is 16.9. The molecule has 2 heterocycles. The Labute approximate surface area is 199 Å². The number of nitrogens with zero attached hydrogens (tertiary/aromatic N) is 6. The van der Waals surface area contributed by atoms with E-state index in [4.69, 9.17) is 5.73 Å². The van der Waals surface area contributed by atoms with E-state index in [9.17, 15) is 15.0 Å². The van der Waals surface area contributed by atoms with Crippen LogP contribution in [0.5, 0.6) is 5.75 Å². The van der Waals surface area contributed by atoms with E-state index < -0.39 is 11.9 Å². The highest BCUT2D eigenvalue weighted by atomic mass is 16.3. The molecule has 10 heteroatoms. The van der Waals surface area contributed by atoms with Gasteiger partial charge in [0.05, 0.1) is 5.69 Å². The topological polar surface area (TPSA) is 145 Å². The number of phenols is 1. The number of hydrogen-bond acceptors (Lipinski definition) is 8. The van der Waals surface area contributed by atoms with Crippen LogP contribution in [0.25, 0.3) is 33.4 Å². The van der Waals surface area contributed by atoms with Crippen LogP contribution >= 0.6 is 0 Å². The summed E-state index contributed by atoms with van der Waals surface area (Å²) in [5.41, 5.74) is 10.3. The zero-order chi connectivity index (χ0) is 24.7. The highest BCUT2D eigenvalue weighted by Gasteiger charge is 2.28. The molecule has 0 amide bonds. The molecule has 0 saturated carbocycles. The number of ketones is 1. The molecule has 0 saturated heterocycles. The molecule has 4 N–H and O–H groups in total. The molecule has 35 heavy (non-hydrogen) atoms. The molecule has 3 aromatic carbocycles. The number of aliphatic hydroxyl groups is 1. The summed E-state index contributed by atoms with van der Waals surface area (Å²) in [5, 5.41) is 39.9. The average molecular weight is 468 g/mol. The molecule has 1 unspecified atom stereocenters. The number of nitrogens with two attached hydrogens (primary N) is 1. The number of benzene rings is 3. The number of carbonyl (C=O) groups is 1. The van der Waals surface area contributed by atoms with E-state index in [2.05, 4.69) is 33.9 Å². The molecule has 0 spiro atoms. The van der Waals surface area contributed by atoms with Crippen molar-refractivity contribution in [1.29, 1.82) is 0 Å². The Hall–Kier alpha value is -4.41. The Morgan fingerprint density at radius 3 is 1.80 bits per heavy atom. The van der Waals surface area contributed by atoms with Crippen molar-refractivity contribution in [2.75, 3.05) is 0 Å². The zero-order valence-electron chi connectivity index (χ0n) is 18.7. The summed E-state index contributed by atoms with van der Waals surface area (Å²) in [5.74, 6) is -0.813. The quantitative estimate of drug-likeness (QED) is 0.308. The minimum absolute atomic E-state index is 0.0197. The predicted molar refractivity (Wildman–Crippen MR) is 130 cm³/mol. The fourth-order valence-corrected chi connectivity index (χ4v) is 4.11. The smallest absolute Gasteiger partial charge is 0.183 e. The maximum Gasteiger partial charge on any atom is 0.183 e. The summed E-state index contributed by atoms with van der Waals surface area (Å²) >= 11 is 0. The highest BCUT2D eigenvalue weighted by Crippen LogP contribution is 2.38. The minimum Gasteiger partial charge on any atom is -0.505 e. The zero-order valence-corrected chi connectivity index (χ0v) is 18.7. The number of aliphatic hydroxyl groups excluding tert-OH is 1. The number of aromatic nitrogens is 6. The van der Waals surface area contributed by atoms with Crippen LogP contribution in [0.3, 0.4) is 0 Å². The van der Waals surface area contributed by atoms with Gasteiger partial charge in [0, 0.05) is 18.5 Å². The number of fused-ring (bicyclic) bond motifs is 2. The largest absolute Gasteiger partial charge is 0.505 e. The van der Waals surface area contributed by atoms with Gasteiger partial charge in [-0.15, -0.1) is 30.0 Å². The maximum absolute atomic E-state index is 12.2. The molecular formula is C25H22N7O3. The van der Waals surface area contributed by atoms with Gasteiger partial charge in [-0.25, -0.2) is 0 Å². The van der Waals surface area contributed by atoms with E-state index in [-0.39, 0.29) is 30.0 Å². The molecule has 0 bridgehead atoms. The third kappa shape index (κ3) is 3.74. The van der Waals surface area contributed by atoms with Crippen LogP contribution in [0.1, 0.15) is 16.7 Å². The minimum atomic E-state index is -1.42. The SMILES string of the molecule is [CH2]c1c(O)c(-n2nc3ccccc3n2)c(CC(O)C(=O)C=C)c(CN)c1-n1nc2ccccc2n1. The number of carbonyl (C=O) groups excluding carboxylic acids is 1. The lowest BCUT2D eigenvalue weighted by Crippen LogP contribution is -2.25. The Morgan fingerprint density at radius 1 is 0.914 bits per heavy atom.